The van der Waals surface area contributed by atoms with Crippen LogP contribution in [0.2, 0.25) is 0 Å². The van der Waals surface area contributed by atoms with Crippen molar-refractivity contribution in [3.8, 4) is 0 Å². The van der Waals surface area contributed by atoms with Crippen LogP contribution in [0.25, 0.3) is 0 Å². The highest BCUT2D eigenvalue weighted by atomic mass is 16.4. The maximum absolute atomic E-state index is 9.55. The number of anilines is 1. The molecule has 2 unspecified atom stereocenters. The molecule has 3 rings (SSSR count). The Hall–Kier alpha value is -2.34. The maximum Gasteiger partial charge on any atom is 0.328 e. The van der Waals surface area contributed by atoms with Gasteiger partial charge in [0.1, 0.15) is 0 Å². The molecule has 6 nitrogen and oxygen atoms in total. The summed E-state index contributed by atoms with van der Waals surface area (Å²) in [6.45, 7) is 2.36. The number of benzene rings is 1. The van der Waals surface area contributed by atoms with Gasteiger partial charge in [-0.2, -0.15) is 0 Å². The van der Waals surface area contributed by atoms with Crippen molar-refractivity contribution in [2.75, 3.05) is 18.0 Å². The first-order valence-electron chi connectivity index (χ1n) is 6.75. The Balaban J connectivity index is 0.000000177. The van der Waals surface area contributed by atoms with Crippen LogP contribution in [-0.4, -0.2) is 47.3 Å². The smallest absolute Gasteiger partial charge is 0.328 e. The quantitative estimate of drug-likeness (QED) is 0.718. The molecule has 0 aliphatic carbocycles. The van der Waals surface area contributed by atoms with Crippen molar-refractivity contribution in [1.82, 2.24) is 5.32 Å². The zero-order valence-corrected chi connectivity index (χ0v) is 11.5. The zero-order valence-electron chi connectivity index (χ0n) is 11.5. The number of aliphatic carboxylic acids is 2. The number of carboxylic acid groups (broad SMARTS) is 2. The Bertz CT molecular complexity index is 514. The van der Waals surface area contributed by atoms with E-state index in [1.165, 1.54) is 25.2 Å². The molecule has 112 valence electrons. The number of carbonyl (C=O) groups is 2. The third kappa shape index (κ3) is 4.32. The molecule has 2 atom stereocenters. The van der Waals surface area contributed by atoms with Crippen molar-refractivity contribution >= 4 is 17.6 Å². The molecule has 21 heavy (non-hydrogen) atoms. The standard InChI is InChI=1S/C11H14N2.C4H4O4/c1-2-4-10(5-3-1)13-8-9-6-11(13)7-12-9;5-3(6)1-2-4(7)8/h1-5,9,11-12H,6-8H2;1-2H,(H,5,6)(H,7,8). The molecule has 1 aromatic rings. The van der Waals surface area contributed by atoms with Gasteiger partial charge in [0.05, 0.1) is 0 Å². The van der Waals surface area contributed by atoms with Crippen molar-refractivity contribution in [1.29, 1.82) is 0 Å². The summed E-state index contributed by atoms with van der Waals surface area (Å²) < 4.78 is 0. The van der Waals surface area contributed by atoms with E-state index in [9.17, 15) is 9.59 Å². The third-order valence-corrected chi connectivity index (χ3v) is 3.51. The molecule has 1 aromatic carbocycles. The van der Waals surface area contributed by atoms with Crippen LogP contribution in [0, 0.1) is 0 Å². The summed E-state index contributed by atoms with van der Waals surface area (Å²) in [6.07, 6.45) is 2.44. The summed E-state index contributed by atoms with van der Waals surface area (Å²) in [7, 11) is 0. The Labute approximate surface area is 122 Å². The van der Waals surface area contributed by atoms with Crippen molar-refractivity contribution in [3.05, 3.63) is 42.5 Å². The molecule has 2 heterocycles. The van der Waals surface area contributed by atoms with Gasteiger partial charge in [0.2, 0.25) is 0 Å². The van der Waals surface area contributed by atoms with E-state index in [2.05, 4.69) is 40.5 Å². The van der Waals surface area contributed by atoms with Gasteiger partial charge < -0.3 is 20.4 Å². The predicted molar refractivity (Wildman–Crippen MR) is 78.4 cm³/mol. The largest absolute Gasteiger partial charge is 0.478 e. The van der Waals surface area contributed by atoms with Gasteiger partial charge in [-0.05, 0) is 18.6 Å². The van der Waals surface area contributed by atoms with E-state index < -0.39 is 11.9 Å². The fourth-order valence-electron chi connectivity index (χ4n) is 2.64. The fourth-order valence-corrected chi connectivity index (χ4v) is 2.64. The summed E-state index contributed by atoms with van der Waals surface area (Å²) in [6, 6.07) is 12.2. The van der Waals surface area contributed by atoms with Gasteiger partial charge in [-0.3, -0.25) is 0 Å². The lowest BCUT2D eigenvalue weighted by atomic mass is 10.2. The lowest BCUT2D eigenvalue weighted by molar-refractivity contribution is -0.134. The molecule has 6 heteroatoms. The number of hydrogen-bond acceptors (Lipinski definition) is 4. The Kier molecular flexibility index (Phi) is 4.94. The Morgan fingerprint density at radius 2 is 1.76 bits per heavy atom. The summed E-state index contributed by atoms with van der Waals surface area (Å²) in [5.41, 5.74) is 1.39. The number of rotatable bonds is 3. The van der Waals surface area contributed by atoms with Crippen LogP contribution in [0.5, 0.6) is 0 Å². The molecule has 0 radical (unpaired) electrons. The van der Waals surface area contributed by atoms with E-state index >= 15 is 0 Å². The molecule has 2 saturated heterocycles. The molecule has 2 aliphatic rings. The van der Waals surface area contributed by atoms with Crippen LogP contribution < -0.4 is 10.2 Å². The number of nitrogens with one attached hydrogen (secondary N) is 1. The molecule has 0 spiro atoms. The van der Waals surface area contributed by atoms with E-state index in [1.54, 1.807) is 0 Å². The number of fused-ring (bicyclic) bond motifs is 2. The van der Waals surface area contributed by atoms with Gasteiger partial charge in [0, 0.05) is 43.0 Å². The van der Waals surface area contributed by atoms with Crippen molar-refractivity contribution < 1.29 is 19.8 Å². The number of carboxylic acids is 2. The van der Waals surface area contributed by atoms with E-state index in [0.29, 0.717) is 12.2 Å². The normalized spacial score (nSPS) is 23.0. The van der Waals surface area contributed by atoms with Gasteiger partial charge in [-0.15, -0.1) is 0 Å². The zero-order chi connectivity index (χ0) is 15.2. The average molecular weight is 290 g/mol. The topological polar surface area (TPSA) is 89.9 Å². The van der Waals surface area contributed by atoms with Crippen LogP contribution in [-0.2, 0) is 9.59 Å². The molecule has 2 bridgehead atoms. The second-order valence-electron chi connectivity index (χ2n) is 4.99. The van der Waals surface area contributed by atoms with E-state index in [-0.39, 0.29) is 0 Å². The monoisotopic (exact) mass is 290 g/mol. The Morgan fingerprint density at radius 1 is 1.14 bits per heavy atom. The van der Waals surface area contributed by atoms with E-state index in [1.807, 2.05) is 0 Å². The molecule has 0 amide bonds. The molecular weight excluding hydrogens is 272 g/mol. The van der Waals surface area contributed by atoms with Crippen molar-refractivity contribution in [3.63, 3.8) is 0 Å². The summed E-state index contributed by atoms with van der Waals surface area (Å²) in [5.74, 6) is -2.51. The van der Waals surface area contributed by atoms with Crippen LogP contribution in [0.3, 0.4) is 0 Å². The average Bonchev–Trinajstić information content (AvgIpc) is 3.09. The first kappa shape index (κ1) is 15.1. The summed E-state index contributed by atoms with van der Waals surface area (Å²) >= 11 is 0. The minimum Gasteiger partial charge on any atom is -0.478 e. The SMILES string of the molecule is O=C(O)C=CC(=O)O.c1ccc(N2CC3CC2CN3)cc1. The van der Waals surface area contributed by atoms with Gasteiger partial charge in [-0.1, -0.05) is 18.2 Å². The van der Waals surface area contributed by atoms with Gasteiger partial charge in [0.15, 0.2) is 0 Å². The van der Waals surface area contributed by atoms with Gasteiger partial charge in [0.25, 0.3) is 0 Å². The first-order valence-corrected chi connectivity index (χ1v) is 6.75. The lowest BCUT2D eigenvalue weighted by Gasteiger charge is -2.29. The predicted octanol–water partition coefficient (Wildman–Crippen LogP) is 0.949. The second-order valence-corrected chi connectivity index (χ2v) is 4.99. The van der Waals surface area contributed by atoms with E-state index in [0.717, 1.165) is 12.1 Å². The number of hydrogen-bond donors (Lipinski definition) is 3. The van der Waals surface area contributed by atoms with Gasteiger partial charge in [-0.25, -0.2) is 9.59 Å². The minimum atomic E-state index is -1.26. The van der Waals surface area contributed by atoms with Crippen LogP contribution in [0.1, 0.15) is 6.42 Å². The highest BCUT2D eigenvalue weighted by molar-refractivity contribution is 5.89. The fraction of sp³-hybridized carbons (Fsp3) is 0.333. The second kappa shape index (κ2) is 6.90. The van der Waals surface area contributed by atoms with Crippen molar-refractivity contribution in [2.24, 2.45) is 0 Å². The molecular formula is C15H18N2O4. The Morgan fingerprint density at radius 3 is 2.19 bits per heavy atom. The molecule has 0 aromatic heterocycles. The number of piperazine rings is 1. The summed E-state index contributed by atoms with van der Waals surface area (Å²) in [5, 5.41) is 19.1. The minimum absolute atomic E-state index is 0.558. The van der Waals surface area contributed by atoms with Crippen LogP contribution in [0.4, 0.5) is 5.69 Å². The highest BCUT2D eigenvalue weighted by Gasteiger charge is 2.37. The highest BCUT2D eigenvalue weighted by Crippen LogP contribution is 2.28. The van der Waals surface area contributed by atoms with Crippen LogP contribution in [0.15, 0.2) is 42.5 Å². The molecule has 3 N–H and O–H groups in total. The maximum atomic E-state index is 9.55. The first-order chi connectivity index (χ1) is 10.1. The molecule has 2 fully saturated rings. The molecule has 0 saturated carbocycles. The van der Waals surface area contributed by atoms with Gasteiger partial charge >= 0.3 is 11.9 Å². The lowest BCUT2D eigenvalue weighted by Crippen LogP contribution is -2.43. The van der Waals surface area contributed by atoms with E-state index in [4.69, 9.17) is 10.2 Å². The number of para-hydroxylation sites is 1. The third-order valence-electron chi connectivity index (χ3n) is 3.51. The van der Waals surface area contributed by atoms with Crippen molar-refractivity contribution in [2.45, 2.75) is 18.5 Å². The summed E-state index contributed by atoms with van der Waals surface area (Å²) in [4.78, 5) is 21.6. The number of nitrogens with zero attached hydrogens (tertiary/aromatic N) is 1. The van der Waals surface area contributed by atoms with Crippen LogP contribution >= 0.6 is 0 Å². The molecule has 2 aliphatic heterocycles.